The fraction of sp³-hybridized carbons (Fsp3) is 0.200. The minimum atomic E-state index is -1.22. The zero-order chi connectivity index (χ0) is 24.2. The fourth-order valence-corrected chi connectivity index (χ4v) is 4.11. The molecule has 0 saturated heterocycles. The van der Waals surface area contributed by atoms with Crippen molar-refractivity contribution in [1.29, 1.82) is 0 Å². The van der Waals surface area contributed by atoms with Crippen LogP contribution in [0.4, 0.5) is 10.5 Å². The van der Waals surface area contributed by atoms with Crippen molar-refractivity contribution in [1.82, 2.24) is 14.7 Å². The van der Waals surface area contributed by atoms with Crippen molar-refractivity contribution in [2.24, 2.45) is 7.05 Å². The maximum absolute atomic E-state index is 12.8. The van der Waals surface area contributed by atoms with Crippen LogP contribution in [-0.4, -0.2) is 57.5 Å². The molecule has 2 aromatic carbocycles. The number of aromatic nitrogens is 2. The van der Waals surface area contributed by atoms with Crippen LogP contribution in [0.5, 0.6) is 0 Å². The fourth-order valence-electron chi connectivity index (χ4n) is 4.11. The Morgan fingerprint density at radius 3 is 2.35 bits per heavy atom. The maximum Gasteiger partial charge on any atom is 0.411 e. The molecule has 1 aliphatic rings. The van der Waals surface area contributed by atoms with E-state index in [0.717, 1.165) is 27.2 Å². The topological polar surface area (TPSA) is 114 Å². The molecule has 34 heavy (non-hydrogen) atoms. The summed E-state index contributed by atoms with van der Waals surface area (Å²) in [4.78, 5) is 37.5. The number of rotatable bonds is 7. The number of nitrogens with zero attached hydrogens (tertiary/aromatic N) is 3. The molecule has 0 fully saturated rings. The Balaban J connectivity index is 1.48. The number of hydrogen-bond acceptors (Lipinski definition) is 5. The molecule has 2 amide bonds. The van der Waals surface area contributed by atoms with Gasteiger partial charge in [0.1, 0.15) is 13.2 Å². The molecule has 4 rings (SSSR count). The van der Waals surface area contributed by atoms with Crippen molar-refractivity contribution in [3.8, 4) is 23.5 Å². The summed E-state index contributed by atoms with van der Waals surface area (Å²) in [7, 11) is 1.57. The number of carboxylic acid groups (broad SMARTS) is 1. The van der Waals surface area contributed by atoms with Gasteiger partial charge in [-0.05, 0) is 22.3 Å². The molecule has 1 aromatic heterocycles. The van der Waals surface area contributed by atoms with Gasteiger partial charge in [-0.1, -0.05) is 54.5 Å². The molecular formula is C25H22N4O5. The predicted octanol–water partition coefficient (Wildman–Crippen LogP) is 2.94. The Bertz CT molecular complexity index is 1260. The van der Waals surface area contributed by atoms with Gasteiger partial charge in [-0.2, -0.15) is 5.10 Å². The van der Waals surface area contributed by atoms with Gasteiger partial charge in [0, 0.05) is 19.2 Å². The minimum absolute atomic E-state index is 0.0946. The highest BCUT2D eigenvalue weighted by atomic mass is 16.5. The van der Waals surface area contributed by atoms with Gasteiger partial charge in [-0.25, -0.2) is 4.79 Å². The van der Waals surface area contributed by atoms with Crippen LogP contribution in [0.15, 0.2) is 54.7 Å². The normalized spacial score (nSPS) is 11.8. The Kier molecular flexibility index (Phi) is 6.32. The van der Waals surface area contributed by atoms with Gasteiger partial charge in [0.05, 0.1) is 12.2 Å². The number of amides is 2. The number of carboxylic acids is 1. The number of anilines is 1. The molecule has 1 heterocycles. The predicted molar refractivity (Wildman–Crippen MR) is 124 cm³/mol. The van der Waals surface area contributed by atoms with Crippen LogP contribution in [0.3, 0.4) is 0 Å². The molecule has 0 unspecified atom stereocenters. The maximum atomic E-state index is 12.8. The van der Waals surface area contributed by atoms with Gasteiger partial charge >= 0.3 is 12.1 Å². The van der Waals surface area contributed by atoms with E-state index in [4.69, 9.17) is 16.3 Å². The summed E-state index contributed by atoms with van der Waals surface area (Å²) < 4.78 is 6.86. The van der Waals surface area contributed by atoms with Gasteiger partial charge in [-0.15, -0.1) is 6.42 Å². The van der Waals surface area contributed by atoms with Crippen LogP contribution in [0, 0.1) is 12.3 Å². The highest BCUT2D eigenvalue weighted by molar-refractivity contribution is 6.02. The van der Waals surface area contributed by atoms with E-state index >= 15 is 0 Å². The smallest absolute Gasteiger partial charge is 0.411 e. The number of hydrogen-bond donors (Lipinski definition) is 2. The number of aliphatic carboxylic acids is 1. The van der Waals surface area contributed by atoms with Crippen molar-refractivity contribution < 1.29 is 24.2 Å². The van der Waals surface area contributed by atoms with Crippen LogP contribution in [0.1, 0.15) is 27.5 Å². The van der Waals surface area contributed by atoms with Gasteiger partial charge in [0.15, 0.2) is 5.69 Å². The minimum Gasteiger partial charge on any atom is -0.480 e. The Labute approximate surface area is 195 Å². The number of aryl methyl sites for hydroxylation is 1. The summed E-state index contributed by atoms with van der Waals surface area (Å²) in [6.45, 7) is -0.707. The lowest BCUT2D eigenvalue weighted by molar-refractivity contribution is -0.137. The number of ether oxygens (including phenoxy) is 1. The van der Waals surface area contributed by atoms with E-state index in [1.807, 2.05) is 48.5 Å². The first-order chi connectivity index (χ1) is 16.4. The second-order valence-corrected chi connectivity index (χ2v) is 7.77. The molecule has 1 aliphatic carbocycles. The second kappa shape index (κ2) is 9.50. The van der Waals surface area contributed by atoms with E-state index in [1.165, 1.54) is 10.9 Å². The first-order valence-corrected chi connectivity index (χ1v) is 10.5. The molecule has 0 atom stereocenters. The summed E-state index contributed by atoms with van der Waals surface area (Å²) >= 11 is 0. The lowest BCUT2D eigenvalue weighted by atomic mass is 9.98. The second-order valence-electron chi connectivity index (χ2n) is 7.77. The number of fused-ring (bicyclic) bond motifs is 3. The van der Waals surface area contributed by atoms with E-state index in [0.29, 0.717) is 0 Å². The Hall–Kier alpha value is -4.58. The van der Waals surface area contributed by atoms with Gasteiger partial charge in [0.2, 0.25) is 0 Å². The molecule has 0 aliphatic heterocycles. The van der Waals surface area contributed by atoms with Crippen molar-refractivity contribution in [2.75, 3.05) is 25.0 Å². The van der Waals surface area contributed by atoms with Crippen LogP contribution in [0.2, 0.25) is 0 Å². The van der Waals surface area contributed by atoms with Crippen LogP contribution < -0.4 is 5.32 Å². The lowest BCUT2D eigenvalue weighted by Crippen LogP contribution is -2.36. The van der Waals surface area contributed by atoms with E-state index in [2.05, 4.69) is 16.3 Å². The highest BCUT2D eigenvalue weighted by Crippen LogP contribution is 2.44. The van der Waals surface area contributed by atoms with E-state index < -0.39 is 24.5 Å². The molecule has 9 nitrogen and oxygen atoms in total. The molecular weight excluding hydrogens is 436 g/mol. The molecule has 9 heteroatoms. The average molecular weight is 458 g/mol. The van der Waals surface area contributed by atoms with Gasteiger partial charge in [0.25, 0.3) is 5.91 Å². The monoisotopic (exact) mass is 458 g/mol. The Morgan fingerprint density at radius 2 is 1.76 bits per heavy atom. The number of carbonyl (C=O) groups excluding carboxylic acids is 2. The van der Waals surface area contributed by atoms with Crippen molar-refractivity contribution in [3.63, 3.8) is 0 Å². The van der Waals surface area contributed by atoms with Crippen molar-refractivity contribution >= 4 is 23.7 Å². The van der Waals surface area contributed by atoms with Crippen LogP contribution in [-0.2, 0) is 16.6 Å². The molecule has 0 bridgehead atoms. The Morgan fingerprint density at radius 1 is 1.15 bits per heavy atom. The zero-order valence-corrected chi connectivity index (χ0v) is 18.4. The first kappa shape index (κ1) is 22.6. The summed E-state index contributed by atoms with van der Waals surface area (Å²) in [6.07, 6.45) is 5.94. The SMILES string of the molecule is C#CCN(CC(=O)O)C(=O)c1nn(C)cc1NC(=O)OCC1c2ccccc2-c2ccccc21. The molecule has 2 N–H and O–H groups in total. The highest BCUT2D eigenvalue weighted by Gasteiger charge is 2.30. The average Bonchev–Trinajstić information content (AvgIpc) is 3.34. The van der Waals surface area contributed by atoms with E-state index in [9.17, 15) is 14.4 Å². The third-order valence-electron chi connectivity index (χ3n) is 5.51. The largest absolute Gasteiger partial charge is 0.480 e. The van der Waals surface area contributed by atoms with Crippen LogP contribution in [0.25, 0.3) is 11.1 Å². The quantitative estimate of drug-likeness (QED) is 0.527. The molecule has 0 radical (unpaired) electrons. The standard InChI is InChI=1S/C25H22N4O5/c1-3-12-29(14-22(30)31)24(32)23-21(13-28(2)27-23)26-25(33)34-15-20-18-10-6-4-8-16(18)17-9-5-7-11-19(17)20/h1,4-11,13,20H,12,14-15H2,2H3,(H,26,33)(H,30,31). The summed E-state index contributed by atoms with van der Waals surface area (Å²) in [5.74, 6) is 0.208. The first-order valence-electron chi connectivity index (χ1n) is 10.5. The van der Waals surface area contributed by atoms with E-state index in [-0.39, 0.29) is 30.5 Å². The molecule has 172 valence electrons. The van der Waals surface area contributed by atoms with E-state index in [1.54, 1.807) is 7.05 Å². The zero-order valence-electron chi connectivity index (χ0n) is 18.4. The summed E-state index contributed by atoms with van der Waals surface area (Å²) in [5.41, 5.74) is 4.34. The number of carbonyl (C=O) groups is 3. The molecule has 0 saturated carbocycles. The number of nitrogens with one attached hydrogen (secondary N) is 1. The van der Waals surface area contributed by atoms with Crippen molar-refractivity contribution in [3.05, 3.63) is 71.5 Å². The third-order valence-corrected chi connectivity index (χ3v) is 5.51. The molecule has 0 spiro atoms. The summed E-state index contributed by atoms with van der Waals surface area (Å²) in [6, 6.07) is 16.0. The van der Waals surface area contributed by atoms with Crippen molar-refractivity contribution in [2.45, 2.75) is 5.92 Å². The summed E-state index contributed by atoms with van der Waals surface area (Å²) in [5, 5.41) is 15.7. The number of benzene rings is 2. The lowest BCUT2D eigenvalue weighted by Gasteiger charge is -2.17. The van der Waals surface area contributed by atoms with Gasteiger partial charge in [-0.3, -0.25) is 19.6 Å². The number of terminal acetylenes is 1. The molecule has 3 aromatic rings. The van der Waals surface area contributed by atoms with Gasteiger partial charge < -0.3 is 14.7 Å². The third kappa shape index (κ3) is 4.47. The van der Waals surface area contributed by atoms with Crippen LogP contribution >= 0.6 is 0 Å².